The molecular weight excluding hydrogens is 378 g/mol. The third kappa shape index (κ3) is 3.28. The highest BCUT2D eigenvalue weighted by Crippen LogP contribution is 2.35. The Hall–Kier alpha value is -3.44. The van der Waals surface area contributed by atoms with Crippen molar-refractivity contribution in [2.75, 3.05) is 0 Å². The Morgan fingerprint density at radius 1 is 1.07 bits per heavy atom. The van der Waals surface area contributed by atoms with Crippen molar-refractivity contribution in [3.8, 4) is 17.1 Å². The van der Waals surface area contributed by atoms with Gasteiger partial charge in [-0.2, -0.15) is 0 Å². The molecule has 0 aliphatic carbocycles. The van der Waals surface area contributed by atoms with E-state index in [-0.39, 0.29) is 17.1 Å². The van der Waals surface area contributed by atoms with Crippen LogP contribution >= 0.6 is 11.6 Å². The second-order valence-electron chi connectivity index (χ2n) is 6.19. The molecule has 4 rings (SSSR count). The minimum absolute atomic E-state index is 0.106. The molecule has 0 saturated carbocycles. The lowest BCUT2D eigenvalue weighted by Crippen LogP contribution is -2.16. The number of halogens is 1. The maximum absolute atomic E-state index is 13.2. The molecule has 0 aliphatic heterocycles. The van der Waals surface area contributed by atoms with Crippen molar-refractivity contribution in [3.05, 3.63) is 93.4 Å². The van der Waals surface area contributed by atoms with Crippen LogP contribution in [-0.4, -0.2) is 11.0 Å². The van der Waals surface area contributed by atoms with Gasteiger partial charge in [0.2, 0.25) is 11.2 Å². The first kappa shape index (κ1) is 17.9. The van der Waals surface area contributed by atoms with Crippen molar-refractivity contribution < 1.29 is 13.9 Å². The molecule has 0 saturated heterocycles. The Labute approximate surface area is 165 Å². The van der Waals surface area contributed by atoms with Gasteiger partial charge in [0, 0.05) is 18.0 Å². The van der Waals surface area contributed by atoms with E-state index >= 15 is 0 Å². The number of aromatic nitrogens is 1. The highest BCUT2D eigenvalue weighted by atomic mass is 35.5. The standard InChI is InChI=1S/C22H14ClNO4/c1-13-6-7-18-16(12-13)19(25)21(28-22(26)14-8-10-24-11-9-14)20(27-18)15-4-2-3-5-17(15)23/h2-12H,1H3. The van der Waals surface area contributed by atoms with Crippen LogP contribution in [0.25, 0.3) is 22.3 Å². The SMILES string of the molecule is Cc1ccc2oc(-c3ccccc3Cl)c(OC(=O)c3ccncc3)c(=O)c2c1. The number of hydrogen-bond acceptors (Lipinski definition) is 5. The summed E-state index contributed by atoms with van der Waals surface area (Å²) in [5.74, 6) is -0.780. The monoisotopic (exact) mass is 391 g/mol. The van der Waals surface area contributed by atoms with E-state index in [1.165, 1.54) is 24.5 Å². The van der Waals surface area contributed by atoms with E-state index in [1.54, 1.807) is 36.4 Å². The topological polar surface area (TPSA) is 69.4 Å². The maximum Gasteiger partial charge on any atom is 0.343 e. The van der Waals surface area contributed by atoms with Crippen molar-refractivity contribution in [2.24, 2.45) is 0 Å². The molecule has 0 aliphatic rings. The molecule has 0 bridgehead atoms. The number of hydrogen-bond donors (Lipinski definition) is 0. The van der Waals surface area contributed by atoms with Crippen LogP contribution in [-0.2, 0) is 0 Å². The summed E-state index contributed by atoms with van der Waals surface area (Å²) >= 11 is 6.30. The molecule has 0 atom stereocenters. The third-order valence-corrected chi connectivity index (χ3v) is 4.56. The van der Waals surface area contributed by atoms with E-state index in [1.807, 2.05) is 13.0 Å². The smallest absolute Gasteiger partial charge is 0.343 e. The Morgan fingerprint density at radius 2 is 1.82 bits per heavy atom. The summed E-state index contributed by atoms with van der Waals surface area (Å²) in [5.41, 5.74) is 1.55. The number of ether oxygens (including phenoxy) is 1. The van der Waals surface area contributed by atoms with E-state index in [0.717, 1.165) is 5.56 Å². The van der Waals surface area contributed by atoms with Gasteiger partial charge in [-0.05, 0) is 43.3 Å². The van der Waals surface area contributed by atoms with Gasteiger partial charge in [0.05, 0.1) is 16.0 Å². The molecule has 0 spiro atoms. The van der Waals surface area contributed by atoms with Crippen molar-refractivity contribution >= 4 is 28.5 Å². The van der Waals surface area contributed by atoms with Crippen LogP contribution in [0.3, 0.4) is 0 Å². The Kier molecular flexibility index (Phi) is 4.67. The molecule has 2 heterocycles. The van der Waals surface area contributed by atoms with Crippen molar-refractivity contribution in [2.45, 2.75) is 6.92 Å². The van der Waals surface area contributed by atoms with Crippen LogP contribution < -0.4 is 10.2 Å². The molecule has 2 aromatic heterocycles. The van der Waals surface area contributed by atoms with E-state index in [2.05, 4.69) is 4.98 Å². The van der Waals surface area contributed by atoms with E-state index in [4.69, 9.17) is 20.8 Å². The molecule has 138 valence electrons. The van der Waals surface area contributed by atoms with Gasteiger partial charge in [-0.1, -0.05) is 35.4 Å². The summed E-state index contributed by atoms with van der Waals surface area (Å²) in [6, 6.07) is 15.1. The molecule has 0 fully saturated rings. The molecular formula is C22H14ClNO4. The van der Waals surface area contributed by atoms with E-state index in [9.17, 15) is 9.59 Å². The fourth-order valence-corrected chi connectivity index (χ4v) is 3.07. The largest absolute Gasteiger partial charge is 0.452 e. The predicted molar refractivity (Wildman–Crippen MR) is 107 cm³/mol. The zero-order valence-electron chi connectivity index (χ0n) is 14.8. The fraction of sp³-hybridized carbons (Fsp3) is 0.0455. The summed E-state index contributed by atoms with van der Waals surface area (Å²) in [7, 11) is 0. The number of rotatable bonds is 3. The number of fused-ring (bicyclic) bond motifs is 1. The molecule has 0 N–H and O–H groups in total. The Bertz CT molecular complexity index is 1250. The number of pyridine rings is 1. The van der Waals surface area contributed by atoms with Crippen LogP contribution in [0.4, 0.5) is 0 Å². The number of nitrogens with zero attached hydrogens (tertiary/aromatic N) is 1. The van der Waals surface area contributed by atoms with Crippen LogP contribution in [0.15, 0.2) is 76.2 Å². The van der Waals surface area contributed by atoms with Gasteiger partial charge in [-0.3, -0.25) is 9.78 Å². The van der Waals surface area contributed by atoms with E-state index < -0.39 is 11.4 Å². The fourth-order valence-electron chi connectivity index (χ4n) is 2.85. The van der Waals surface area contributed by atoms with Crippen molar-refractivity contribution in [1.29, 1.82) is 0 Å². The molecule has 5 nitrogen and oxygen atoms in total. The zero-order chi connectivity index (χ0) is 19.7. The van der Waals surface area contributed by atoms with Gasteiger partial charge >= 0.3 is 5.97 Å². The number of carbonyl (C=O) groups excluding carboxylic acids is 1. The Balaban J connectivity index is 1.95. The maximum atomic E-state index is 13.2. The Morgan fingerprint density at radius 3 is 2.57 bits per heavy atom. The highest BCUT2D eigenvalue weighted by Gasteiger charge is 2.22. The lowest BCUT2D eigenvalue weighted by molar-refractivity contribution is 0.0731. The average Bonchev–Trinajstić information content (AvgIpc) is 2.71. The van der Waals surface area contributed by atoms with Gasteiger partial charge in [0.1, 0.15) is 5.58 Å². The quantitative estimate of drug-likeness (QED) is 0.458. The van der Waals surface area contributed by atoms with Gasteiger partial charge in [0.25, 0.3) is 0 Å². The average molecular weight is 392 g/mol. The van der Waals surface area contributed by atoms with Gasteiger partial charge < -0.3 is 9.15 Å². The van der Waals surface area contributed by atoms with Crippen LogP contribution in [0.1, 0.15) is 15.9 Å². The first-order valence-corrected chi connectivity index (χ1v) is 8.87. The first-order chi connectivity index (χ1) is 13.5. The van der Waals surface area contributed by atoms with Crippen LogP contribution in [0.2, 0.25) is 5.02 Å². The molecule has 4 aromatic rings. The second-order valence-corrected chi connectivity index (χ2v) is 6.60. The molecule has 0 amide bonds. The number of esters is 1. The minimum atomic E-state index is -0.685. The summed E-state index contributed by atoms with van der Waals surface area (Å²) in [6.07, 6.45) is 2.94. The number of carbonyl (C=O) groups is 1. The lowest BCUT2D eigenvalue weighted by Gasteiger charge is -2.12. The first-order valence-electron chi connectivity index (χ1n) is 8.49. The van der Waals surface area contributed by atoms with Crippen molar-refractivity contribution in [1.82, 2.24) is 4.98 Å². The molecule has 28 heavy (non-hydrogen) atoms. The summed E-state index contributed by atoms with van der Waals surface area (Å²) in [4.78, 5) is 29.6. The van der Waals surface area contributed by atoms with Crippen LogP contribution in [0.5, 0.6) is 5.75 Å². The molecule has 6 heteroatoms. The molecule has 2 aromatic carbocycles. The normalized spacial score (nSPS) is 10.8. The summed E-state index contributed by atoms with van der Waals surface area (Å²) in [6.45, 7) is 1.86. The van der Waals surface area contributed by atoms with Gasteiger partial charge in [-0.25, -0.2) is 4.79 Å². The highest BCUT2D eigenvalue weighted by molar-refractivity contribution is 6.33. The molecule has 0 radical (unpaired) electrons. The number of aryl methyl sites for hydroxylation is 1. The lowest BCUT2D eigenvalue weighted by atomic mass is 10.1. The van der Waals surface area contributed by atoms with E-state index in [0.29, 0.717) is 21.6 Å². The van der Waals surface area contributed by atoms with Gasteiger partial charge in [0.15, 0.2) is 5.76 Å². The predicted octanol–water partition coefficient (Wildman–Crippen LogP) is 5.04. The minimum Gasteiger partial charge on any atom is -0.452 e. The summed E-state index contributed by atoms with van der Waals surface area (Å²) < 4.78 is 11.4. The molecule has 0 unspecified atom stereocenters. The van der Waals surface area contributed by atoms with Crippen molar-refractivity contribution in [3.63, 3.8) is 0 Å². The van der Waals surface area contributed by atoms with Gasteiger partial charge in [-0.15, -0.1) is 0 Å². The summed E-state index contributed by atoms with van der Waals surface area (Å²) in [5, 5.41) is 0.701. The third-order valence-electron chi connectivity index (χ3n) is 4.23. The second kappa shape index (κ2) is 7.29. The number of benzene rings is 2. The van der Waals surface area contributed by atoms with Crippen LogP contribution in [0, 0.1) is 6.92 Å². The zero-order valence-corrected chi connectivity index (χ0v) is 15.6.